The van der Waals surface area contributed by atoms with Gasteiger partial charge in [-0.25, -0.2) is 4.78 Å². The summed E-state index contributed by atoms with van der Waals surface area (Å²) in [6.45, 7) is 4.99. The van der Waals surface area contributed by atoms with Gasteiger partial charge in [-0.15, -0.1) is 0 Å². The first-order chi connectivity index (χ1) is 15.9. The number of para-hydroxylation sites is 2. The van der Waals surface area contributed by atoms with E-state index in [1.807, 2.05) is 65.7 Å². The molecular weight excluding hydrogens is 447 g/mol. The van der Waals surface area contributed by atoms with Gasteiger partial charge in [-0.05, 0) is 47.7 Å². The van der Waals surface area contributed by atoms with Crippen LogP contribution >= 0.6 is 6.42 Å². The maximum Gasteiger partial charge on any atom is 0.209 e. The van der Waals surface area contributed by atoms with Crippen LogP contribution in [-0.2, 0) is 28.2 Å². The lowest BCUT2D eigenvalue weighted by molar-refractivity contribution is 0.356. The van der Waals surface area contributed by atoms with E-state index in [0.29, 0.717) is 13.0 Å². The number of benzene rings is 2. The van der Waals surface area contributed by atoms with E-state index in [4.69, 9.17) is 21.4 Å². The van der Waals surface area contributed by atoms with Crippen LogP contribution in [0.4, 0.5) is 11.4 Å². The monoisotopic (exact) mass is 474 g/mol. The predicted molar refractivity (Wildman–Crippen MR) is 140 cm³/mol. The Morgan fingerprint density at radius 3 is 2.42 bits per heavy atom. The minimum absolute atomic E-state index is 0.214. The molecule has 1 aromatic heterocycles. The Labute approximate surface area is 200 Å². The molecule has 7 heteroatoms. The van der Waals surface area contributed by atoms with Gasteiger partial charge in [0.15, 0.2) is 0 Å². The molecule has 0 saturated heterocycles. The van der Waals surface area contributed by atoms with Crippen molar-refractivity contribution in [2.45, 2.75) is 25.7 Å². The van der Waals surface area contributed by atoms with Crippen LogP contribution < -0.4 is 9.68 Å². The van der Waals surface area contributed by atoms with Crippen LogP contribution in [-0.4, -0.2) is 24.9 Å². The number of fused-ring (bicyclic) bond motifs is 1. The molecule has 2 aromatic carbocycles. The Hall–Kier alpha value is -2.79. The van der Waals surface area contributed by atoms with Gasteiger partial charge in [-0.2, -0.15) is 5.10 Å². The van der Waals surface area contributed by atoms with Gasteiger partial charge in [0, 0.05) is 42.2 Å². The first-order valence-electron chi connectivity index (χ1n) is 11.1. The molecule has 2 aliphatic rings. The Morgan fingerprint density at radius 1 is 0.970 bits per heavy atom. The molecule has 0 saturated carbocycles. The molecule has 3 heterocycles. The zero-order valence-corrected chi connectivity index (χ0v) is 20.8. The zero-order valence-electron chi connectivity index (χ0n) is 19.0. The molecule has 168 valence electrons. The highest BCUT2D eigenvalue weighted by molar-refractivity contribution is 8.15. The fourth-order valence-corrected chi connectivity index (χ4v) is 8.07. The number of pyridine rings is 1. The lowest BCUT2D eigenvalue weighted by atomic mass is 9.84. The highest BCUT2D eigenvalue weighted by Crippen LogP contribution is 2.66. The molecule has 5 nitrogen and oxygen atoms in total. The van der Waals surface area contributed by atoms with E-state index in [1.54, 1.807) is 0 Å². The number of hydrazone groups is 1. The highest BCUT2D eigenvalue weighted by atomic mass is 32.4. The van der Waals surface area contributed by atoms with E-state index >= 15 is 0 Å². The summed E-state index contributed by atoms with van der Waals surface area (Å²) in [7, 11) is 2.11. The lowest BCUT2D eigenvalue weighted by Gasteiger charge is -2.32. The second-order valence-corrected chi connectivity index (χ2v) is 12.4. The van der Waals surface area contributed by atoms with Crippen LogP contribution in [0.5, 0.6) is 0 Å². The first-order valence-corrected chi connectivity index (χ1v) is 13.7. The fourth-order valence-electron chi connectivity index (χ4n) is 4.73. The molecule has 1 unspecified atom stereocenters. The normalized spacial score (nSPS) is 23.2. The molecule has 1 atom stereocenters. The van der Waals surface area contributed by atoms with E-state index < -0.39 is 6.42 Å². The summed E-state index contributed by atoms with van der Waals surface area (Å²) < 4.78 is 8.56. The van der Waals surface area contributed by atoms with E-state index in [-0.39, 0.29) is 5.41 Å². The Morgan fingerprint density at radius 2 is 1.70 bits per heavy atom. The van der Waals surface area contributed by atoms with E-state index in [2.05, 4.69) is 55.0 Å². The van der Waals surface area contributed by atoms with Crippen molar-refractivity contribution in [3.05, 3.63) is 101 Å². The smallest absolute Gasteiger partial charge is 0.209 e. The number of hydrogen-bond acceptors (Lipinski definition) is 5. The first kappa shape index (κ1) is 22.0. The van der Waals surface area contributed by atoms with Crippen LogP contribution in [0, 0.1) is 0 Å². The molecule has 2 aliphatic heterocycles. The molecule has 0 fully saturated rings. The van der Waals surface area contributed by atoms with Gasteiger partial charge in [0.25, 0.3) is 0 Å². The molecular formula is C26H27N4OPS. The zero-order chi connectivity index (χ0) is 23.1. The maximum absolute atomic E-state index is 6.63. The average molecular weight is 475 g/mol. The summed E-state index contributed by atoms with van der Waals surface area (Å²) >= 11 is 6.40. The lowest BCUT2D eigenvalue weighted by Crippen LogP contribution is -2.26. The van der Waals surface area contributed by atoms with E-state index in [1.165, 1.54) is 11.3 Å². The van der Waals surface area contributed by atoms with Crippen molar-refractivity contribution in [3.8, 4) is 0 Å². The van der Waals surface area contributed by atoms with Crippen molar-refractivity contribution in [1.82, 2.24) is 4.98 Å². The largest absolute Gasteiger partial charge is 0.346 e. The Bertz CT molecular complexity index is 1270. The van der Waals surface area contributed by atoms with Crippen molar-refractivity contribution >= 4 is 35.8 Å². The second kappa shape index (κ2) is 8.53. The molecule has 33 heavy (non-hydrogen) atoms. The van der Waals surface area contributed by atoms with Crippen molar-refractivity contribution in [2.24, 2.45) is 5.10 Å². The summed E-state index contributed by atoms with van der Waals surface area (Å²) in [5.74, 6) is 0. The van der Waals surface area contributed by atoms with Crippen LogP contribution in [0.3, 0.4) is 0 Å². The number of nitrogens with zero attached hydrogens (tertiary/aromatic N) is 4. The van der Waals surface area contributed by atoms with Crippen LogP contribution in [0.2, 0.25) is 0 Å². The van der Waals surface area contributed by atoms with E-state index in [9.17, 15) is 0 Å². The number of anilines is 2. The van der Waals surface area contributed by atoms with Crippen LogP contribution in [0.15, 0.2) is 95.1 Å². The second-order valence-electron chi connectivity index (χ2n) is 8.73. The molecule has 0 amide bonds. The summed E-state index contributed by atoms with van der Waals surface area (Å²) in [6.07, 6.45) is 1.74. The third-order valence-electron chi connectivity index (χ3n) is 6.29. The Kier molecular flexibility index (Phi) is 5.69. The van der Waals surface area contributed by atoms with Gasteiger partial charge in [0.1, 0.15) is 0 Å². The summed E-state index contributed by atoms with van der Waals surface area (Å²) in [6, 6.07) is 24.6. The van der Waals surface area contributed by atoms with Gasteiger partial charge in [0.2, 0.25) is 6.42 Å². The average Bonchev–Trinajstić information content (AvgIpc) is 3.26. The predicted octanol–water partition coefficient (Wildman–Crippen LogP) is 6.10. The number of allylic oxidation sites excluding steroid dienone is 2. The molecule has 5 rings (SSSR count). The fraction of sp³-hybridized carbons (Fsp3) is 0.231. The third-order valence-corrected chi connectivity index (χ3v) is 9.96. The van der Waals surface area contributed by atoms with Crippen LogP contribution in [0.25, 0.3) is 0 Å². The summed E-state index contributed by atoms with van der Waals surface area (Å²) in [4.78, 5) is 6.69. The molecule has 0 bridgehead atoms. The minimum atomic E-state index is -2.69. The quantitative estimate of drug-likeness (QED) is 0.418. The van der Waals surface area contributed by atoms with Gasteiger partial charge in [0.05, 0.1) is 23.8 Å². The van der Waals surface area contributed by atoms with Gasteiger partial charge < -0.3 is 9.42 Å². The number of hydrogen-bond donors (Lipinski definition) is 0. The SMILES string of the molecule is CN1/C(=C2\C=NN(c3ccccc3)P2(=S)OCCc2ccccn2)C(C)(C)c2ccccc21. The summed E-state index contributed by atoms with van der Waals surface area (Å²) in [5, 5.41) is 5.81. The molecule has 0 spiro atoms. The van der Waals surface area contributed by atoms with Crippen molar-refractivity contribution in [1.29, 1.82) is 0 Å². The summed E-state index contributed by atoms with van der Waals surface area (Å²) in [5.41, 5.74) is 5.37. The maximum atomic E-state index is 6.63. The molecule has 0 radical (unpaired) electrons. The number of likely N-dealkylation sites (N-methyl/N-ethyl adjacent to an activating group) is 1. The highest BCUT2D eigenvalue weighted by Gasteiger charge is 2.46. The molecule has 0 aliphatic carbocycles. The standard InChI is InChI=1S/C26H27N4OPS/c1-26(2)22-14-7-8-15-23(22)29(3)25(26)24-19-28-30(21-12-5-4-6-13-21)32(24,33)31-18-16-20-11-9-10-17-27-20/h4-15,17,19H,16,18H2,1-3H3/b25-24+. The number of aromatic nitrogens is 1. The van der Waals surface area contributed by atoms with Gasteiger partial charge in [-0.3, -0.25) is 4.98 Å². The topological polar surface area (TPSA) is 41.0 Å². The van der Waals surface area contributed by atoms with Crippen molar-refractivity contribution < 1.29 is 4.52 Å². The van der Waals surface area contributed by atoms with E-state index in [0.717, 1.165) is 22.4 Å². The van der Waals surface area contributed by atoms with Crippen molar-refractivity contribution in [2.75, 3.05) is 23.3 Å². The Balaban J connectivity index is 1.57. The number of rotatable bonds is 5. The van der Waals surface area contributed by atoms with Gasteiger partial charge in [-0.1, -0.05) is 56.3 Å². The third kappa shape index (κ3) is 3.72. The van der Waals surface area contributed by atoms with Gasteiger partial charge >= 0.3 is 0 Å². The molecule has 0 N–H and O–H groups in total. The molecule has 3 aromatic rings. The minimum Gasteiger partial charge on any atom is -0.346 e. The van der Waals surface area contributed by atoms with Crippen molar-refractivity contribution in [3.63, 3.8) is 0 Å². The van der Waals surface area contributed by atoms with Crippen LogP contribution in [0.1, 0.15) is 25.1 Å².